The van der Waals surface area contributed by atoms with Gasteiger partial charge in [-0.2, -0.15) is 4.98 Å². The van der Waals surface area contributed by atoms with Crippen molar-refractivity contribution in [2.24, 2.45) is 0 Å². The molecule has 0 saturated heterocycles. The van der Waals surface area contributed by atoms with Crippen molar-refractivity contribution < 1.29 is 14.3 Å². The van der Waals surface area contributed by atoms with Crippen LogP contribution in [-0.2, 0) is 9.53 Å². The number of nitrogens with zero attached hydrogens (tertiary/aromatic N) is 3. The summed E-state index contributed by atoms with van der Waals surface area (Å²) in [6.45, 7) is 7.48. The van der Waals surface area contributed by atoms with Gasteiger partial charge in [-0.25, -0.2) is 4.68 Å². The molecule has 0 aliphatic rings. The van der Waals surface area contributed by atoms with Gasteiger partial charge in [-0.15, -0.1) is 5.10 Å². The number of nitrogens with one attached hydrogen (secondary N) is 1. The van der Waals surface area contributed by atoms with Crippen LogP contribution in [0.1, 0.15) is 37.3 Å². The summed E-state index contributed by atoms with van der Waals surface area (Å²) in [5.41, 5.74) is 4.60. The highest BCUT2D eigenvalue weighted by Gasteiger charge is 2.19. The number of hydrogen-bond donors (Lipinski definition) is 1. The van der Waals surface area contributed by atoms with Crippen LogP contribution in [0.25, 0.3) is 17.1 Å². The fourth-order valence-corrected chi connectivity index (χ4v) is 4.04. The lowest BCUT2D eigenvalue weighted by Gasteiger charge is -2.16. The van der Waals surface area contributed by atoms with E-state index < -0.39 is 0 Å². The predicted octanol–water partition coefficient (Wildman–Crippen LogP) is 5.79. The van der Waals surface area contributed by atoms with E-state index in [-0.39, 0.29) is 11.8 Å². The molecule has 7 nitrogen and oxygen atoms in total. The Hall–Kier alpha value is -3.97. The molecule has 186 valence electrons. The third kappa shape index (κ3) is 5.98. The standard InChI is InChI=1S/C29H32N4O3/c1-4-25(22-12-7-6-8-13-22)28(34)30-23-15-17-24(18-16-23)33-27(26-14-10-9-11-21(26)3)31-29(32-33)36-20-19-35-5-2/h6-18,25H,4-5,19-20H2,1-3H3,(H,30,34). The quantitative estimate of drug-likeness (QED) is 0.273. The van der Waals surface area contributed by atoms with Crippen LogP contribution in [0.2, 0.25) is 0 Å². The largest absolute Gasteiger partial charge is 0.460 e. The van der Waals surface area contributed by atoms with Crippen LogP contribution in [0.3, 0.4) is 0 Å². The molecule has 0 saturated carbocycles. The van der Waals surface area contributed by atoms with Crippen LogP contribution >= 0.6 is 0 Å². The summed E-state index contributed by atoms with van der Waals surface area (Å²) >= 11 is 0. The fraction of sp³-hybridized carbons (Fsp3) is 0.276. The number of aryl methyl sites for hydroxylation is 1. The van der Waals surface area contributed by atoms with Crippen LogP contribution in [0.5, 0.6) is 6.01 Å². The highest BCUT2D eigenvalue weighted by Crippen LogP contribution is 2.27. The van der Waals surface area contributed by atoms with E-state index in [1.807, 2.05) is 99.6 Å². The maximum atomic E-state index is 13.0. The molecule has 1 amide bonds. The maximum absolute atomic E-state index is 13.0. The molecular weight excluding hydrogens is 452 g/mol. The summed E-state index contributed by atoms with van der Waals surface area (Å²) in [5, 5.41) is 7.66. The summed E-state index contributed by atoms with van der Waals surface area (Å²) in [7, 11) is 0. The first-order valence-electron chi connectivity index (χ1n) is 12.3. The Balaban J connectivity index is 1.57. The number of amides is 1. The number of ether oxygens (including phenoxy) is 2. The summed E-state index contributed by atoms with van der Waals surface area (Å²) < 4.78 is 12.9. The number of rotatable bonds is 11. The number of carbonyl (C=O) groups is 1. The van der Waals surface area contributed by atoms with Crippen molar-refractivity contribution >= 4 is 11.6 Å². The number of anilines is 1. The third-order valence-corrected chi connectivity index (χ3v) is 5.94. The molecule has 1 N–H and O–H groups in total. The highest BCUT2D eigenvalue weighted by atomic mass is 16.5. The average molecular weight is 485 g/mol. The fourth-order valence-electron chi connectivity index (χ4n) is 4.04. The lowest BCUT2D eigenvalue weighted by molar-refractivity contribution is -0.117. The van der Waals surface area contributed by atoms with Crippen LogP contribution < -0.4 is 10.1 Å². The third-order valence-electron chi connectivity index (χ3n) is 5.94. The van der Waals surface area contributed by atoms with E-state index >= 15 is 0 Å². The van der Waals surface area contributed by atoms with Gasteiger partial charge in [-0.3, -0.25) is 4.79 Å². The lowest BCUT2D eigenvalue weighted by atomic mass is 9.95. The molecule has 0 aliphatic carbocycles. The van der Waals surface area contributed by atoms with Crippen LogP contribution in [0, 0.1) is 6.92 Å². The SMILES string of the molecule is CCOCCOc1nc(-c2ccccc2C)n(-c2ccc(NC(=O)C(CC)c3ccccc3)cc2)n1. The molecule has 1 unspecified atom stereocenters. The number of benzene rings is 3. The number of hydrogen-bond acceptors (Lipinski definition) is 5. The lowest BCUT2D eigenvalue weighted by Crippen LogP contribution is -2.20. The first-order chi connectivity index (χ1) is 17.6. The van der Waals surface area contributed by atoms with Gasteiger partial charge in [0, 0.05) is 17.9 Å². The molecule has 3 aromatic carbocycles. The van der Waals surface area contributed by atoms with E-state index in [9.17, 15) is 4.79 Å². The molecule has 1 heterocycles. The van der Waals surface area contributed by atoms with Crippen molar-refractivity contribution in [2.45, 2.75) is 33.1 Å². The summed E-state index contributed by atoms with van der Waals surface area (Å²) in [6, 6.07) is 25.8. The molecule has 0 bridgehead atoms. The molecule has 0 fully saturated rings. The van der Waals surface area contributed by atoms with Gasteiger partial charge >= 0.3 is 6.01 Å². The summed E-state index contributed by atoms with van der Waals surface area (Å²) in [4.78, 5) is 17.6. The second-order valence-electron chi connectivity index (χ2n) is 8.40. The van der Waals surface area contributed by atoms with Gasteiger partial charge in [0.15, 0.2) is 5.82 Å². The van der Waals surface area contributed by atoms with Crippen molar-refractivity contribution in [3.05, 3.63) is 90.0 Å². The number of carbonyl (C=O) groups excluding carboxylic acids is 1. The van der Waals surface area contributed by atoms with E-state index in [4.69, 9.17) is 9.47 Å². The highest BCUT2D eigenvalue weighted by molar-refractivity contribution is 5.95. The monoisotopic (exact) mass is 484 g/mol. The molecule has 1 atom stereocenters. The second-order valence-corrected chi connectivity index (χ2v) is 8.40. The van der Waals surface area contributed by atoms with Crippen LogP contribution in [0.4, 0.5) is 5.69 Å². The molecule has 0 radical (unpaired) electrons. The van der Waals surface area contributed by atoms with Crippen molar-refractivity contribution in [1.82, 2.24) is 14.8 Å². The minimum absolute atomic E-state index is 0.0252. The van der Waals surface area contributed by atoms with Crippen molar-refractivity contribution in [2.75, 3.05) is 25.1 Å². The van der Waals surface area contributed by atoms with Gasteiger partial charge in [0.25, 0.3) is 0 Å². The van der Waals surface area contributed by atoms with Crippen LogP contribution in [-0.4, -0.2) is 40.5 Å². The Morgan fingerprint density at radius 1 is 0.944 bits per heavy atom. The van der Waals surface area contributed by atoms with E-state index in [2.05, 4.69) is 15.4 Å². The molecule has 7 heteroatoms. The van der Waals surface area contributed by atoms with Gasteiger partial charge in [0.05, 0.1) is 18.2 Å². The Labute approximate surface area is 212 Å². The van der Waals surface area contributed by atoms with Crippen molar-refractivity contribution in [3.8, 4) is 23.1 Å². The van der Waals surface area contributed by atoms with Gasteiger partial charge in [0.2, 0.25) is 5.91 Å². The molecular formula is C29H32N4O3. The number of aromatic nitrogens is 3. The molecule has 4 aromatic rings. The molecule has 0 spiro atoms. The summed E-state index contributed by atoms with van der Waals surface area (Å²) in [6.07, 6.45) is 0.721. The van der Waals surface area contributed by atoms with E-state index in [1.54, 1.807) is 4.68 Å². The maximum Gasteiger partial charge on any atom is 0.336 e. The smallest absolute Gasteiger partial charge is 0.336 e. The van der Waals surface area contributed by atoms with Gasteiger partial charge in [0.1, 0.15) is 6.61 Å². The zero-order chi connectivity index (χ0) is 25.3. The minimum Gasteiger partial charge on any atom is -0.460 e. The average Bonchev–Trinajstić information content (AvgIpc) is 3.32. The molecule has 1 aromatic heterocycles. The Bertz CT molecular complexity index is 1270. The minimum atomic E-state index is -0.203. The second kappa shape index (κ2) is 12.1. The van der Waals surface area contributed by atoms with Crippen LogP contribution in [0.15, 0.2) is 78.9 Å². The molecule has 4 rings (SSSR count). The van der Waals surface area contributed by atoms with E-state index in [0.717, 1.165) is 34.5 Å². The summed E-state index contributed by atoms with van der Waals surface area (Å²) in [5.74, 6) is 0.458. The Kier molecular flexibility index (Phi) is 8.47. The first kappa shape index (κ1) is 25.1. The zero-order valence-electron chi connectivity index (χ0n) is 21.0. The van der Waals surface area contributed by atoms with E-state index in [0.29, 0.717) is 31.7 Å². The molecule has 0 aliphatic heterocycles. The normalized spacial score (nSPS) is 11.8. The topological polar surface area (TPSA) is 78.3 Å². The van der Waals surface area contributed by atoms with Gasteiger partial charge in [-0.1, -0.05) is 61.5 Å². The van der Waals surface area contributed by atoms with Crippen molar-refractivity contribution in [3.63, 3.8) is 0 Å². The molecule has 36 heavy (non-hydrogen) atoms. The van der Waals surface area contributed by atoms with Crippen molar-refractivity contribution in [1.29, 1.82) is 0 Å². The van der Waals surface area contributed by atoms with Gasteiger partial charge in [-0.05, 0) is 55.7 Å². The predicted molar refractivity (Wildman–Crippen MR) is 142 cm³/mol. The zero-order valence-corrected chi connectivity index (χ0v) is 21.0. The van der Waals surface area contributed by atoms with Gasteiger partial charge < -0.3 is 14.8 Å². The first-order valence-corrected chi connectivity index (χ1v) is 12.3. The Morgan fingerprint density at radius 2 is 1.67 bits per heavy atom. The Morgan fingerprint density at radius 3 is 2.36 bits per heavy atom. The van der Waals surface area contributed by atoms with E-state index in [1.165, 1.54) is 0 Å².